The van der Waals surface area contributed by atoms with Gasteiger partial charge in [-0.05, 0) is 68.9 Å². The lowest BCUT2D eigenvalue weighted by Gasteiger charge is -2.30. The van der Waals surface area contributed by atoms with Crippen LogP contribution in [0.3, 0.4) is 0 Å². The van der Waals surface area contributed by atoms with Crippen LogP contribution < -0.4 is 20.4 Å². The summed E-state index contributed by atoms with van der Waals surface area (Å²) < 4.78 is 0. The van der Waals surface area contributed by atoms with Gasteiger partial charge in [0.2, 0.25) is 17.8 Å². The minimum absolute atomic E-state index is 0.0478. The zero-order chi connectivity index (χ0) is 25.8. The number of carbonyl (C=O) groups excluding carboxylic acids is 1. The number of hydrogen-bond acceptors (Lipinski definition) is 9. The number of nitrogens with one attached hydrogen (secondary N) is 2. The molecule has 4 N–H and O–H groups in total. The first-order valence-corrected chi connectivity index (χ1v) is 13.0. The molecule has 0 unspecified atom stereocenters. The normalized spacial score (nSPS) is 15.9. The van der Waals surface area contributed by atoms with Crippen LogP contribution in [0, 0.1) is 0 Å². The molecule has 1 aromatic heterocycles. The molecule has 5 rings (SSSR count). The second kappa shape index (κ2) is 11.1. The van der Waals surface area contributed by atoms with Crippen LogP contribution in [0.1, 0.15) is 48.9 Å². The average Bonchev–Trinajstić information content (AvgIpc) is 2.91. The molecule has 0 saturated carbocycles. The minimum Gasteiger partial charge on any atom is -0.507 e. The highest BCUT2D eigenvalue weighted by Gasteiger charge is 2.21. The molecule has 0 atom stereocenters. The number of rotatable bonds is 6. The molecule has 2 aromatic carbocycles. The zero-order valence-electron chi connectivity index (χ0n) is 20.5. The zero-order valence-corrected chi connectivity index (χ0v) is 21.2. The van der Waals surface area contributed by atoms with Crippen molar-refractivity contribution >= 4 is 46.7 Å². The van der Waals surface area contributed by atoms with Gasteiger partial charge in [-0.3, -0.25) is 4.79 Å². The maximum absolute atomic E-state index is 12.6. The van der Waals surface area contributed by atoms with Crippen LogP contribution in [0.5, 0.6) is 11.5 Å². The number of phenols is 2. The number of carbonyl (C=O) groups is 1. The Morgan fingerprint density at radius 3 is 1.97 bits per heavy atom. The second-order valence-electron chi connectivity index (χ2n) is 9.33. The number of piperidine rings is 2. The summed E-state index contributed by atoms with van der Waals surface area (Å²) >= 11 is 5.84. The second-order valence-corrected chi connectivity index (χ2v) is 9.76. The van der Waals surface area contributed by atoms with Gasteiger partial charge in [-0.2, -0.15) is 15.0 Å². The van der Waals surface area contributed by atoms with Crippen molar-refractivity contribution in [1.82, 2.24) is 15.0 Å². The summed E-state index contributed by atoms with van der Waals surface area (Å²) in [5, 5.41) is 26.7. The summed E-state index contributed by atoms with van der Waals surface area (Å²) in [4.78, 5) is 31.1. The van der Waals surface area contributed by atoms with Crippen LogP contribution in [-0.2, 0) is 0 Å². The van der Waals surface area contributed by atoms with Crippen molar-refractivity contribution in [3.05, 3.63) is 47.0 Å². The monoisotopic (exact) mass is 523 g/mol. The fourth-order valence-corrected chi connectivity index (χ4v) is 4.78. The molecule has 2 fully saturated rings. The lowest BCUT2D eigenvalue weighted by atomic mass is 10.1. The first-order valence-electron chi connectivity index (χ1n) is 12.6. The number of nitrogens with zero attached hydrogens (tertiary/aromatic N) is 5. The SMILES string of the molecule is O=C(Nc1ccc(Nc2nc(N3CCCCC3)nc(N3CCCCC3)n2)cc1O)c1ccc(Cl)cc1O. The number of amides is 1. The number of aromatic nitrogens is 3. The van der Waals surface area contributed by atoms with Gasteiger partial charge < -0.3 is 30.6 Å². The van der Waals surface area contributed by atoms with E-state index in [1.54, 1.807) is 12.1 Å². The molecule has 0 radical (unpaired) electrons. The number of benzene rings is 2. The Morgan fingerprint density at radius 2 is 1.41 bits per heavy atom. The Morgan fingerprint density at radius 1 is 0.784 bits per heavy atom. The predicted octanol–water partition coefficient (Wildman–Crippen LogP) is 4.91. The van der Waals surface area contributed by atoms with E-state index < -0.39 is 5.91 Å². The lowest BCUT2D eigenvalue weighted by Crippen LogP contribution is -2.34. The Balaban J connectivity index is 1.36. The Kier molecular flexibility index (Phi) is 7.45. The van der Waals surface area contributed by atoms with E-state index >= 15 is 0 Å². The quantitative estimate of drug-likeness (QED) is 0.333. The van der Waals surface area contributed by atoms with Gasteiger partial charge in [0.15, 0.2) is 0 Å². The number of anilines is 5. The van der Waals surface area contributed by atoms with Crippen molar-refractivity contribution in [3.8, 4) is 11.5 Å². The van der Waals surface area contributed by atoms with Crippen molar-refractivity contribution in [2.45, 2.75) is 38.5 Å². The summed E-state index contributed by atoms with van der Waals surface area (Å²) in [6, 6.07) is 8.98. The van der Waals surface area contributed by atoms with Crippen LogP contribution in [0.15, 0.2) is 36.4 Å². The molecule has 0 spiro atoms. The molecule has 11 heteroatoms. The van der Waals surface area contributed by atoms with E-state index in [9.17, 15) is 15.0 Å². The van der Waals surface area contributed by atoms with Gasteiger partial charge in [0, 0.05) is 43.0 Å². The summed E-state index contributed by atoms with van der Waals surface area (Å²) in [6.45, 7) is 3.67. The van der Waals surface area contributed by atoms with Crippen LogP contribution in [0.25, 0.3) is 0 Å². The molecular weight excluding hydrogens is 494 g/mol. The topological polar surface area (TPSA) is 127 Å². The molecule has 37 heavy (non-hydrogen) atoms. The molecule has 1 amide bonds. The van der Waals surface area contributed by atoms with Gasteiger partial charge >= 0.3 is 0 Å². The van der Waals surface area contributed by atoms with E-state index in [2.05, 4.69) is 30.4 Å². The van der Waals surface area contributed by atoms with E-state index in [1.807, 2.05) is 0 Å². The van der Waals surface area contributed by atoms with Crippen molar-refractivity contribution in [2.24, 2.45) is 0 Å². The standard InChI is InChI=1S/C26H30ClN7O3/c27-17-7-9-19(21(35)15-17)23(37)29-20-10-8-18(16-22(20)36)28-24-30-25(33-11-3-1-4-12-33)32-26(31-24)34-13-5-2-6-14-34/h7-10,15-16,35-36H,1-6,11-14H2,(H,29,37)(H,28,30,31,32). The third-order valence-electron chi connectivity index (χ3n) is 6.60. The van der Waals surface area contributed by atoms with E-state index in [4.69, 9.17) is 16.6 Å². The number of hydrogen-bond donors (Lipinski definition) is 4. The predicted molar refractivity (Wildman–Crippen MR) is 144 cm³/mol. The highest BCUT2D eigenvalue weighted by atomic mass is 35.5. The lowest BCUT2D eigenvalue weighted by molar-refractivity contribution is 0.102. The van der Waals surface area contributed by atoms with Crippen LogP contribution >= 0.6 is 11.6 Å². The molecule has 10 nitrogen and oxygen atoms in total. The fraction of sp³-hybridized carbons (Fsp3) is 0.385. The summed E-state index contributed by atoms with van der Waals surface area (Å²) in [5.41, 5.74) is 0.806. The largest absolute Gasteiger partial charge is 0.507 e. The molecule has 3 heterocycles. The molecule has 2 aliphatic heterocycles. The van der Waals surface area contributed by atoms with Crippen LogP contribution in [0.4, 0.5) is 29.2 Å². The maximum atomic E-state index is 12.6. The van der Waals surface area contributed by atoms with Crippen LogP contribution in [-0.4, -0.2) is 57.3 Å². The molecular formula is C26H30ClN7O3. The fourth-order valence-electron chi connectivity index (χ4n) is 4.61. The van der Waals surface area contributed by atoms with E-state index in [1.165, 1.54) is 37.1 Å². The maximum Gasteiger partial charge on any atom is 0.259 e. The number of phenolic OH excluding ortho intramolecular Hbond substituents is 2. The molecule has 194 valence electrons. The van der Waals surface area contributed by atoms with E-state index in [-0.39, 0.29) is 22.7 Å². The van der Waals surface area contributed by atoms with Gasteiger partial charge in [0.1, 0.15) is 11.5 Å². The third-order valence-corrected chi connectivity index (χ3v) is 6.83. The molecule has 3 aromatic rings. The Bertz CT molecular complexity index is 1240. The average molecular weight is 524 g/mol. The van der Waals surface area contributed by atoms with Crippen molar-refractivity contribution < 1.29 is 15.0 Å². The smallest absolute Gasteiger partial charge is 0.259 e. The van der Waals surface area contributed by atoms with Gasteiger partial charge in [0.05, 0.1) is 11.3 Å². The molecule has 0 bridgehead atoms. The molecule has 2 saturated heterocycles. The van der Waals surface area contributed by atoms with Gasteiger partial charge in [-0.25, -0.2) is 0 Å². The van der Waals surface area contributed by atoms with Gasteiger partial charge in [-0.1, -0.05) is 11.6 Å². The van der Waals surface area contributed by atoms with E-state index in [0.29, 0.717) is 28.6 Å². The highest BCUT2D eigenvalue weighted by molar-refractivity contribution is 6.31. The summed E-state index contributed by atoms with van der Waals surface area (Å²) in [7, 11) is 0. The highest BCUT2D eigenvalue weighted by Crippen LogP contribution is 2.31. The number of halogens is 1. The van der Waals surface area contributed by atoms with Gasteiger partial charge in [0.25, 0.3) is 5.91 Å². The number of aromatic hydroxyl groups is 2. The van der Waals surface area contributed by atoms with Crippen molar-refractivity contribution in [2.75, 3.05) is 46.6 Å². The van der Waals surface area contributed by atoms with Crippen molar-refractivity contribution in [1.29, 1.82) is 0 Å². The Labute approximate surface area is 220 Å². The first kappa shape index (κ1) is 24.9. The summed E-state index contributed by atoms with van der Waals surface area (Å²) in [6.07, 6.45) is 6.88. The molecule has 2 aliphatic rings. The van der Waals surface area contributed by atoms with Gasteiger partial charge in [-0.15, -0.1) is 0 Å². The third kappa shape index (κ3) is 5.96. The van der Waals surface area contributed by atoms with E-state index in [0.717, 1.165) is 51.9 Å². The Hall–Kier alpha value is -3.79. The first-order chi connectivity index (χ1) is 18.0. The summed E-state index contributed by atoms with van der Waals surface area (Å²) in [5.74, 6) is 0.765. The van der Waals surface area contributed by atoms with Crippen molar-refractivity contribution in [3.63, 3.8) is 0 Å². The minimum atomic E-state index is -0.569. The molecule has 0 aliphatic carbocycles. The van der Waals surface area contributed by atoms with Crippen LogP contribution in [0.2, 0.25) is 5.02 Å².